The van der Waals surface area contributed by atoms with Gasteiger partial charge in [0, 0.05) is 31.2 Å². The van der Waals surface area contributed by atoms with Crippen molar-refractivity contribution in [3.63, 3.8) is 0 Å². The maximum Gasteiger partial charge on any atom is 0.192 e. The van der Waals surface area contributed by atoms with Gasteiger partial charge in [0.25, 0.3) is 0 Å². The normalized spacial score (nSPS) is 9.47. The summed E-state index contributed by atoms with van der Waals surface area (Å²) in [5, 5.41) is 10.7. The molecule has 0 amide bonds. The first-order valence-electron chi connectivity index (χ1n) is 4.76. The summed E-state index contributed by atoms with van der Waals surface area (Å²) in [5.74, 6) is 0. The average molecular weight is 405 g/mol. The van der Waals surface area contributed by atoms with Crippen molar-refractivity contribution in [2.75, 3.05) is 0 Å². The van der Waals surface area contributed by atoms with Gasteiger partial charge in [-0.25, -0.2) is 0 Å². The molecular formula is C12H9IrN2O2-. The summed E-state index contributed by atoms with van der Waals surface area (Å²) in [6, 6.07) is 11.5. The first kappa shape index (κ1) is 13.5. The molecule has 1 heterocycles. The molecule has 4 nitrogen and oxygen atoms in total. The first-order chi connectivity index (χ1) is 7.66. The Kier molecular flexibility index (Phi) is 4.49. The second-order valence-corrected chi connectivity index (χ2v) is 3.41. The van der Waals surface area contributed by atoms with E-state index < -0.39 is 4.92 Å². The molecule has 1 radical (unpaired) electrons. The Balaban J connectivity index is 0.00000144. The van der Waals surface area contributed by atoms with Crippen LogP contribution in [0.25, 0.3) is 11.3 Å². The third-order valence-electron chi connectivity index (χ3n) is 2.14. The minimum absolute atomic E-state index is 0. The van der Waals surface area contributed by atoms with Gasteiger partial charge in [-0.2, -0.15) is 0 Å². The number of nitro benzene ring substituents is 1. The van der Waals surface area contributed by atoms with Crippen molar-refractivity contribution >= 4 is 5.69 Å². The van der Waals surface area contributed by atoms with E-state index in [2.05, 4.69) is 11.1 Å². The monoisotopic (exact) mass is 406 g/mol. The number of benzene rings is 1. The zero-order valence-corrected chi connectivity index (χ0v) is 11.4. The number of rotatable bonds is 2. The van der Waals surface area contributed by atoms with E-state index >= 15 is 0 Å². The topological polar surface area (TPSA) is 56.0 Å². The summed E-state index contributed by atoms with van der Waals surface area (Å²) in [6.45, 7) is 1.78. The zero-order valence-electron chi connectivity index (χ0n) is 9.01. The molecule has 2 rings (SSSR count). The number of pyridine rings is 1. The molecule has 0 saturated heterocycles. The summed E-state index contributed by atoms with van der Waals surface area (Å²) in [4.78, 5) is 14.4. The van der Waals surface area contributed by atoms with Crippen LogP contribution >= 0.6 is 0 Å². The van der Waals surface area contributed by atoms with Gasteiger partial charge in [-0.15, -0.1) is 17.2 Å². The third-order valence-corrected chi connectivity index (χ3v) is 2.14. The molecule has 0 saturated carbocycles. The van der Waals surface area contributed by atoms with E-state index in [1.807, 2.05) is 6.07 Å². The van der Waals surface area contributed by atoms with Crippen molar-refractivity contribution in [1.82, 2.24) is 4.98 Å². The van der Waals surface area contributed by atoms with Crippen molar-refractivity contribution in [3.05, 3.63) is 58.3 Å². The van der Waals surface area contributed by atoms with Gasteiger partial charge >= 0.3 is 0 Å². The Bertz CT molecular complexity index is 529. The quantitative estimate of drug-likeness (QED) is 0.439. The predicted octanol–water partition coefficient (Wildman–Crippen LogP) is 2.76. The van der Waals surface area contributed by atoms with E-state index in [9.17, 15) is 10.1 Å². The first-order valence-corrected chi connectivity index (χ1v) is 4.76. The van der Waals surface area contributed by atoms with Crippen LogP contribution in [0.2, 0.25) is 0 Å². The van der Waals surface area contributed by atoms with Crippen molar-refractivity contribution in [1.29, 1.82) is 0 Å². The number of aryl methyl sites for hydroxylation is 1. The molecule has 0 fully saturated rings. The number of nitro groups is 1. The van der Waals surface area contributed by atoms with Crippen molar-refractivity contribution in [3.8, 4) is 11.3 Å². The molecule has 0 aliphatic carbocycles. The summed E-state index contributed by atoms with van der Waals surface area (Å²) in [6.07, 6.45) is 1.65. The maximum absolute atomic E-state index is 10.7. The summed E-state index contributed by atoms with van der Waals surface area (Å²) < 4.78 is 0. The van der Waals surface area contributed by atoms with Crippen molar-refractivity contribution in [2.45, 2.75) is 6.92 Å². The second-order valence-electron chi connectivity index (χ2n) is 3.41. The molecule has 0 aliphatic heterocycles. The molecule has 0 N–H and O–H groups in total. The minimum Gasteiger partial charge on any atom is -0.305 e. The Morgan fingerprint density at radius 1 is 1.35 bits per heavy atom. The van der Waals surface area contributed by atoms with Crippen LogP contribution in [0.5, 0.6) is 0 Å². The van der Waals surface area contributed by atoms with Crippen LogP contribution in [-0.4, -0.2) is 9.91 Å². The Hall–Kier alpha value is -1.58. The van der Waals surface area contributed by atoms with Crippen LogP contribution < -0.4 is 0 Å². The summed E-state index contributed by atoms with van der Waals surface area (Å²) >= 11 is 0. The fraction of sp³-hybridized carbons (Fsp3) is 0.0833. The van der Waals surface area contributed by atoms with Crippen molar-refractivity contribution < 1.29 is 25.0 Å². The largest absolute Gasteiger partial charge is 0.305 e. The molecule has 1 aromatic heterocycles. The van der Waals surface area contributed by atoms with E-state index in [-0.39, 0.29) is 25.8 Å². The van der Waals surface area contributed by atoms with Gasteiger partial charge in [0.05, 0.1) is 0 Å². The minimum atomic E-state index is -0.409. The maximum atomic E-state index is 10.7. The van der Waals surface area contributed by atoms with Crippen LogP contribution in [0.1, 0.15) is 5.56 Å². The number of non-ortho nitro benzene ring substituents is 1. The molecule has 0 spiro atoms. The van der Waals surface area contributed by atoms with E-state index in [0.717, 1.165) is 5.56 Å². The number of nitrogens with zero attached hydrogens (tertiary/aromatic N) is 2. The number of aromatic nitrogens is 1. The average Bonchev–Trinajstić information content (AvgIpc) is 2.29. The molecule has 1 aromatic carbocycles. The molecule has 0 unspecified atom stereocenters. The summed E-state index contributed by atoms with van der Waals surface area (Å²) in [7, 11) is 0. The Labute approximate surface area is 112 Å². The van der Waals surface area contributed by atoms with E-state index in [4.69, 9.17) is 0 Å². The summed E-state index contributed by atoms with van der Waals surface area (Å²) in [5.41, 5.74) is 2.13. The standard InChI is InChI=1S/C12H9N2O2.Ir/c1-9-6-10(8-11(7-9)14(15)16)12-4-2-3-5-13-12;/h2-5,7-8H,1H3;/q-1;. The van der Waals surface area contributed by atoms with Crippen molar-refractivity contribution in [2.24, 2.45) is 0 Å². The van der Waals surface area contributed by atoms with E-state index in [0.29, 0.717) is 11.3 Å². The molecule has 0 aliphatic rings. The number of hydrogen-bond acceptors (Lipinski definition) is 3. The van der Waals surface area contributed by atoms with E-state index in [1.54, 1.807) is 25.3 Å². The molecular weight excluding hydrogens is 396 g/mol. The second kappa shape index (κ2) is 5.66. The van der Waals surface area contributed by atoms with Crippen LogP contribution in [-0.2, 0) is 20.1 Å². The Morgan fingerprint density at radius 2 is 2.12 bits per heavy atom. The molecule has 89 valence electrons. The van der Waals surface area contributed by atoms with Gasteiger partial charge in [-0.1, -0.05) is 31.2 Å². The van der Waals surface area contributed by atoms with Gasteiger partial charge in [-0.3, -0.25) is 10.1 Å². The van der Waals surface area contributed by atoms with Gasteiger partial charge in [-0.05, 0) is 11.8 Å². The van der Waals surface area contributed by atoms with E-state index in [1.165, 1.54) is 12.1 Å². The fourth-order valence-corrected chi connectivity index (χ4v) is 1.46. The molecule has 17 heavy (non-hydrogen) atoms. The van der Waals surface area contributed by atoms with Crippen LogP contribution in [0, 0.1) is 23.1 Å². The van der Waals surface area contributed by atoms with Crippen LogP contribution in [0.4, 0.5) is 5.69 Å². The fourth-order valence-electron chi connectivity index (χ4n) is 1.46. The molecule has 2 aromatic rings. The van der Waals surface area contributed by atoms with Gasteiger partial charge in [0.1, 0.15) is 0 Å². The zero-order chi connectivity index (χ0) is 11.5. The van der Waals surface area contributed by atoms with Gasteiger partial charge in [0.15, 0.2) is 5.69 Å². The molecule has 0 bridgehead atoms. The smallest absolute Gasteiger partial charge is 0.192 e. The molecule has 5 heteroatoms. The molecule has 0 atom stereocenters. The SMILES string of the molecule is Cc1[c-]c(-c2ccccn2)cc([N+](=O)[O-])c1.[Ir]. The number of hydrogen-bond donors (Lipinski definition) is 0. The predicted molar refractivity (Wildman–Crippen MR) is 59.9 cm³/mol. The van der Waals surface area contributed by atoms with Crippen LogP contribution in [0.15, 0.2) is 36.5 Å². The van der Waals surface area contributed by atoms with Gasteiger partial charge < -0.3 is 4.98 Å². The Morgan fingerprint density at radius 3 is 2.71 bits per heavy atom. The van der Waals surface area contributed by atoms with Crippen LogP contribution in [0.3, 0.4) is 0 Å². The third kappa shape index (κ3) is 3.19. The van der Waals surface area contributed by atoms with Gasteiger partial charge in [0.2, 0.25) is 0 Å².